The van der Waals surface area contributed by atoms with Crippen LogP contribution >= 0.6 is 11.6 Å². The number of amides is 1. The van der Waals surface area contributed by atoms with E-state index in [0.29, 0.717) is 0 Å². The second-order valence-corrected chi connectivity index (χ2v) is 5.59. The van der Waals surface area contributed by atoms with Crippen LogP contribution in [0.15, 0.2) is 36.4 Å². The summed E-state index contributed by atoms with van der Waals surface area (Å²) in [5, 5.41) is 12.0. The predicted molar refractivity (Wildman–Crippen MR) is 87.8 cm³/mol. The topological polar surface area (TPSA) is 75.6 Å². The Labute approximate surface area is 143 Å². The Balaban J connectivity index is 2.04. The molecule has 2 rings (SSSR count). The van der Waals surface area contributed by atoms with Crippen LogP contribution < -0.4 is 5.32 Å². The summed E-state index contributed by atoms with van der Waals surface area (Å²) in [5.41, 5.74) is 1.00. The molecule has 0 unspecified atom stereocenters. The Bertz CT molecular complexity index is 794. The molecule has 0 aliphatic rings. The molecule has 2 aromatic rings. The normalized spacial score (nSPS) is 11.7. The smallest absolute Gasteiger partial charge is 0.342 e. The number of aromatic hydroxyl groups is 1. The molecule has 0 heterocycles. The second kappa shape index (κ2) is 7.31. The van der Waals surface area contributed by atoms with Crippen LogP contribution in [0.2, 0.25) is 5.02 Å². The van der Waals surface area contributed by atoms with Crippen molar-refractivity contribution in [3.63, 3.8) is 0 Å². The average molecular weight is 352 g/mol. The van der Waals surface area contributed by atoms with Gasteiger partial charge in [0.25, 0.3) is 5.91 Å². The molecule has 1 amide bonds. The molecule has 5 nitrogen and oxygen atoms in total. The maximum absolute atomic E-state index is 13.1. The maximum Gasteiger partial charge on any atom is 0.342 e. The lowest BCUT2D eigenvalue weighted by Gasteiger charge is -2.14. The van der Waals surface area contributed by atoms with E-state index < -0.39 is 23.8 Å². The molecule has 0 aliphatic carbocycles. The quantitative estimate of drug-likeness (QED) is 0.824. The van der Waals surface area contributed by atoms with Crippen LogP contribution in [-0.4, -0.2) is 23.1 Å². The van der Waals surface area contributed by atoms with Gasteiger partial charge in [0.15, 0.2) is 6.10 Å². The van der Waals surface area contributed by atoms with E-state index in [1.54, 1.807) is 13.0 Å². The molecule has 2 N–H and O–H groups in total. The van der Waals surface area contributed by atoms with Gasteiger partial charge in [0, 0.05) is 5.69 Å². The SMILES string of the molecule is Cc1ccc(O)c(C(=O)O[C@@H](C)C(=O)Nc2ccc(F)c(Cl)c2)c1. The summed E-state index contributed by atoms with van der Waals surface area (Å²) in [6.07, 6.45) is -1.12. The van der Waals surface area contributed by atoms with Crippen molar-refractivity contribution in [3.05, 3.63) is 58.4 Å². The number of phenols is 1. The minimum Gasteiger partial charge on any atom is -0.507 e. The minimum atomic E-state index is -1.12. The molecule has 0 bridgehead atoms. The number of halogens is 2. The van der Waals surface area contributed by atoms with Crippen molar-refractivity contribution in [2.75, 3.05) is 5.32 Å². The number of phenolic OH excluding ortho intramolecular Hbond substituents is 1. The summed E-state index contributed by atoms with van der Waals surface area (Å²) < 4.78 is 18.1. The highest BCUT2D eigenvalue weighted by Crippen LogP contribution is 2.21. The number of hydrogen-bond acceptors (Lipinski definition) is 4. The van der Waals surface area contributed by atoms with Gasteiger partial charge >= 0.3 is 5.97 Å². The summed E-state index contributed by atoms with van der Waals surface area (Å²) in [6.45, 7) is 3.13. The predicted octanol–water partition coefficient (Wildman–Crippen LogP) is 3.68. The van der Waals surface area contributed by atoms with Gasteiger partial charge in [-0.15, -0.1) is 0 Å². The van der Waals surface area contributed by atoms with Crippen LogP contribution in [0.25, 0.3) is 0 Å². The van der Waals surface area contributed by atoms with Crippen molar-refractivity contribution in [3.8, 4) is 5.75 Å². The first-order valence-electron chi connectivity index (χ1n) is 7.04. The summed E-state index contributed by atoms with van der Waals surface area (Å²) >= 11 is 5.63. The number of anilines is 1. The standard InChI is InChI=1S/C17H15ClFNO4/c1-9-3-6-15(21)12(7-9)17(23)24-10(2)16(22)20-11-4-5-14(19)13(18)8-11/h3-8,10,21H,1-2H3,(H,20,22)/t10-/m0/s1. The first-order valence-corrected chi connectivity index (χ1v) is 7.42. The molecule has 0 radical (unpaired) electrons. The fraction of sp³-hybridized carbons (Fsp3) is 0.176. The Hall–Kier alpha value is -2.60. The zero-order valence-corrected chi connectivity index (χ0v) is 13.7. The minimum absolute atomic E-state index is 0.0283. The zero-order chi connectivity index (χ0) is 17.9. The lowest BCUT2D eigenvalue weighted by Crippen LogP contribution is -2.30. The van der Waals surface area contributed by atoms with Crippen LogP contribution in [0.1, 0.15) is 22.8 Å². The van der Waals surface area contributed by atoms with Crippen LogP contribution in [0.4, 0.5) is 10.1 Å². The number of carbonyl (C=O) groups excluding carboxylic acids is 2. The molecule has 0 fully saturated rings. The Morgan fingerprint density at radius 2 is 1.96 bits per heavy atom. The third kappa shape index (κ3) is 4.23. The van der Waals surface area contributed by atoms with Crippen molar-refractivity contribution in [2.24, 2.45) is 0 Å². The highest BCUT2D eigenvalue weighted by molar-refractivity contribution is 6.31. The van der Waals surface area contributed by atoms with Crippen LogP contribution in [0.3, 0.4) is 0 Å². The fourth-order valence-electron chi connectivity index (χ4n) is 1.91. The maximum atomic E-state index is 13.1. The number of hydrogen-bond donors (Lipinski definition) is 2. The highest BCUT2D eigenvalue weighted by atomic mass is 35.5. The van der Waals surface area contributed by atoms with Gasteiger partial charge in [0.2, 0.25) is 0 Å². The van der Waals surface area contributed by atoms with E-state index in [1.807, 2.05) is 0 Å². The number of aryl methyl sites for hydroxylation is 1. The van der Waals surface area contributed by atoms with Crippen LogP contribution in [0, 0.1) is 12.7 Å². The fourth-order valence-corrected chi connectivity index (χ4v) is 2.09. The van der Waals surface area contributed by atoms with E-state index in [0.717, 1.165) is 11.6 Å². The molecule has 0 saturated carbocycles. The van der Waals surface area contributed by atoms with E-state index in [2.05, 4.69) is 5.32 Å². The van der Waals surface area contributed by atoms with Gasteiger partial charge in [0.05, 0.1) is 5.02 Å². The van der Waals surface area contributed by atoms with Crippen LogP contribution in [-0.2, 0) is 9.53 Å². The molecule has 24 heavy (non-hydrogen) atoms. The van der Waals surface area contributed by atoms with Crippen molar-refractivity contribution in [1.29, 1.82) is 0 Å². The van der Waals surface area contributed by atoms with Crippen molar-refractivity contribution >= 4 is 29.2 Å². The number of ether oxygens (including phenoxy) is 1. The molecule has 2 aromatic carbocycles. The van der Waals surface area contributed by atoms with E-state index in [1.165, 1.54) is 31.2 Å². The van der Waals surface area contributed by atoms with Gasteiger partial charge in [-0.2, -0.15) is 0 Å². The van der Waals surface area contributed by atoms with Gasteiger partial charge in [-0.25, -0.2) is 9.18 Å². The molecule has 1 atom stereocenters. The van der Waals surface area contributed by atoms with Crippen molar-refractivity contribution in [1.82, 2.24) is 0 Å². The number of esters is 1. The van der Waals surface area contributed by atoms with Crippen LogP contribution in [0.5, 0.6) is 5.75 Å². The molecular weight excluding hydrogens is 337 g/mol. The third-order valence-electron chi connectivity index (χ3n) is 3.21. The molecular formula is C17H15ClFNO4. The molecule has 0 spiro atoms. The van der Waals surface area contributed by atoms with Gasteiger partial charge in [-0.1, -0.05) is 23.2 Å². The van der Waals surface area contributed by atoms with Crippen molar-refractivity contribution < 1.29 is 23.8 Å². The Morgan fingerprint density at radius 1 is 1.25 bits per heavy atom. The van der Waals surface area contributed by atoms with E-state index in [-0.39, 0.29) is 22.0 Å². The number of rotatable bonds is 4. The average Bonchev–Trinajstić information content (AvgIpc) is 2.53. The highest BCUT2D eigenvalue weighted by Gasteiger charge is 2.21. The summed E-state index contributed by atoms with van der Waals surface area (Å²) in [7, 11) is 0. The monoisotopic (exact) mass is 351 g/mol. The largest absolute Gasteiger partial charge is 0.507 e. The first kappa shape index (κ1) is 17.7. The Morgan fingerprint density at radius 3 is 2.62 bits per heavy atom. The summed E-state index contributed by atoms with van der Waals surface area (Å²) in [4.78, 5) is 24.1. The van der Waals surface area contributed by atoms with Gasteiger partial charge in [-0.05, 0) is 44.2 Å². The van der Waals surface area contributed by atoms with Gasteiger partial charge in [-0.3, -0.25) is 4.79 Å². The molecule has 0 saturated heterocycles. The van der Waals surface area contributed by atoms with E-state index >= 15 is 0 Å². The van der Waals surface area contributed by atoms with E-state index in [9.17, 15) is 19.1 Å². The third-order valence-corrected chi connectivity index (χ3v) is 3.50. The van der Waals surface area contributed by atoms with E-state index in [4.69, 9.17) is 16.3 Å². The number of carbonyl (C=O) groups is 2. The van der Waals surface area contributed by atoms with Crippen molar-refractivity contribution in [2.45, 2.75) is 20.0 Å². The second-order valence-electron chi connectivity index (χ2n) is 5.19. The van der Waals surface area contributed by atoms with Gasteiger partial charge < -0.3 is 15.2 Å². The molecule has 126 valence electrons. The lowest BCUT2D eigenvalue weighted by atomic mass is 10.1. The first-order chi connectivity index (χ1) is 11.3. The zero-order valence-electron chi connectivity index (χ0n) is 13.0. The summed E-state index contributed by atoms with van der Waals surface area (Å²) in [6, 6.07) is 8.16. The Kier molecular flexibility index (Phi) is 5.41. The number of benzene rings is 2. The van der Waals surface area contributed by atoms with Gasteiger partial charge in [0.1, 0.15) is 17.1 Å². The summed E-state index contributed by atoms with van der Waals surface area (Å²) in [5.74, 6) is -2.28. The lowest BCUT2D eigenvalue weighted by molar-refractivity contribution is -0.123. The molecule has 7 heteroatoms. The molecule has 0 aromatic heterocycles. The number of nitrogens with one attached hydrogen (secondary N) is 1. The molecule has 0 aliphatic heterocycles.